The number of hydrogen-bond donors (Lipinski definition) is 1. The lowest BCUT2D eigenvalue weighted by molar-refractivity contribution is 1.22. The van der Waals surface area contributed by atoms with Crippen molar-refractivity contribution in [1.29, 1.82) is 0 Å². The molecule has 1 aromatic carbocycles. The van der Waals surface area contributed by atoms with Gasteiger partial charge in [0.25, 0.3) is 0 Å². The molecule has 6 heteroatoms. The topological polar surface area (TPSA) is 37.8 Å². The van der Waals surface area contributed by atoms with Gasteiger partial charge in [0, 0.05) is 15.6 Å². The molecule has 0 unspecified atom stereocenters. The molecule has 0 bridgehead atoms. The van der Waals surface area contributed by atoms with Crippen LogP contribution in [0.1, 0.15) is 16.0 Å². The molecule has 2 heterocycles. The van der Waals surface area contributed by atoms with Gasteiger partial charge < -0.3 is 5.32 Å². The number of thiophene rings is 1. The zero-order valence-electron chi connectivity index (χ0n) is 11.8. The van der Waals surface area contributed by atoms with E-state index in [0.717, 1.165) is 32.3 Å². The summed E-state index contributed by atoms with van der Waals surface area (Å²) in [6.07, 6.45) is 0. The largest absolute Gasteiger partial charge is 0.339 e. The maximum Gasteiger partial charge on any atom is 0.225 e. The third-order valence-electron chi connectivity index (χ3n) is 3.52. The van der Waals surface area contributed by atoms with Gasteiger partial charge in [-0.05, 0) is 55.6 Å². The highest BCUT2D eigenvalue weighted by molar-refractivity contribution is 7.18. The quantitative estimate of drug-likeness (QED) is 0.612. The Kier molecular flexibility index (Phi) is 3.78. The molecule has 3 aromatic rings. The molecular formula is C15H13Cl2N3S. The average molecular weight is 338 g/mol. The molecule has 0 radical (unpaired) electrons. The standard InChI is InChI=1S/C15H13Cl2N3S/c1-7-9(3)21-14-12(7)13(19-15(17)20-14)18-11-6-4-5-10(16)8(11)2/h4-6H,1-3H3,(H,18,19,20). The van der Waals surface area contributed by atoms with Gasteiger partial charge in [-0.15, -0.1) is 11.3 Å². The fraction of sp³-hybridized carbons (Fsp3) is 0.200. The van der Waals surface area contributed by atoms with Gasteiger partial charge in [0.2, 0.25) is 5.28 Å². The number of halogens is 2. The van der Waals surface area contributed by atoms with Gasteiger partial charge in [-0.25, -0.2) is 4.98 Å². The van der Waals surface area contributed by atoms with Crippen LogP contribution in [0.5, 0.6) is 0 Å². The number of nitrogens with one attached hydrogen (secondary N) is 1. The van der Waals surface area contributed by atoms with E-state index in [1.165, 1.54) is 10.4 Å². The van der Waals surface area contributed by atoms with E-state index in [4.69, 9.17) is 23.2 Å². The Balaban J connectivity index is 2.18. The van der Waals surface area contributed by atoms with Crippen molar-refractivity contribution in [1.82, 2.24) is 9.97 Å². The molecule has 0 saturated carbocycles. The smallest absolute Gasteiger partial charge is 0.225 e. The van der Waals surface area contributed by atoms with Crippen LogP contribution in [0.15, 0.2) is 18.2 Å². The van der Waals surface area contributed by atoms with Crippen LogP contribution >= 0.6 is 34.5 Å². The number of anilines is 2. The second-order valence-corrected chi connectivity index (χ2v) is 6.79. The molecular weight excluding hydrogens is 325 g/mol. The molecule has 0 aliphatic carbocycles. The first-order chi connectivity index (χ1) is 9.97. The van der Waals surface area contributed by atoms with Crippen LogP contribution in [0.2, 0.25) is 10.3 Å². The first-order valence-electron chi connectivity index (χ1n) is 6.42. The lowest BCUT2D eigenvalue weighted by atomic mass is 10.1. The van der Waals surface area contributed by atoms with Crippen molar-refractivity contribution in [2.45, 2.75) is 20.8 Å². The fourth-order valence-electron chi connectivity index (χ4n) is 2.18. The predicted molar refractivity (Wildman–Crippen MR) is 91.4 cm³/mol. The van der Waals surface area contributed by atoms with Crippen LogP contribution < -0.4 is 5.32 Å². The highest BCUT2D eigenvalue weighted by Crippen LogP contribution is 2.36. The van der Waals surface area contributed by atoms with Gasteiger partial charge in [-0.3, -0.25) is 0 Å². The number of nitrogens with zero attached hydrogens (tertiary/aromatic N) is 2. The van der Waals surface area contributed by atoms with E-state index in [0.29, 0.717) is 0 Å². The summed E-state index contributed by atoms with van der Waals surface area (Å²) in [6, 6.07) is 5.74. The Morgan fingerprint density at radius 1 is 1.05 bits per heavy atom. The van der Waals surface area contributed by atoms with Crippen molar-refractivity contribution in [3.8, 4) is 0 Å². The summed E-state index contributed by atoms with van der Waals surface area (Å²) >= 11 is 13.8. The number of aryl methyl sites for hydroxylation is 2. The summed E-state index contributed by atoms with van der Waals surface area (Å²) < 4.78 is 0. The first kappa shape index (κ1) is 14.6. The summed E-state index contributed by atoms with van der Waals surface area (Å²) in [5, 5.41) is 5.31. The van der Waals surface area contributed by atoms with Gasteiger partial charge in [-0.1, -0.05) is 17.7 Å². The Bertz CT molecular complexity index is 843. The SMILES string of the molecule is Cc1sc2nc(Cl)nc(Nc3cccc(Cl)c3C)c2c1C. The Hall–Kier alpha value is -1.36. The minimum Gasteiger partial charge on any atom is -0.339 e. The summed E-state index contributed by atoms with van der Waals surface area (Å²) in [4.78, 5) is 10.8. The molecule has 3 rings (SSSR count). The molecule has 0 amide bonds. The van der Waals surface area contributed by atoms with E-state index >= 15 is 0 Å². The number of rotatable bonds is 2. The normalized spacial score (nSPS) is 11.1. The highest BCUT2D eigenvalue weighted by Gasteiger charge is 2.15. The van der Waals surface area contributed by atoms with Crippen LogP contribution in [0.25, 0.3) is 10.2 Å². The minimum absolute atomic E-state index is 0.242. The predicted octanol–water partition coefficient (Wildman–Crippen LogP) is 5.67. The maximum atomic E-state index is 6.17. The third-order valence-corrected chi connectivity index (χ3v) is 5.20. The fourth-order valence-corrected chi connectivity index (χ4v) is 3.61. The molecule has 0 aliphatic rings. The zero-order valence-corrected chi connectivity index (χ0v) is 14.1. The first-order valence-corrected chi connectivity index (χ1v) is 8.00. The number of aromatic nitrogens is 2. The molecule has 21 heavy (non-hydrogen) atoms. The maximum absolute atomic E-state index is 6.17. The van der Waals surface area contributed by atoms with E-state index in [2.05, 4.69) is 29.1 Å². The summed E-state index contributed by atoms with van der Waals surface area (Å²) in [7, 11) is 0. The second kappa shape index (κ2) is 5.44. The Labute approximate surface area is 137 Å². The molecule has 0 aliphatic heterocycles. The summed E-state index contributed by atoms with van der Waals surface area (Å²) in [5.41, 5.74) is 3.07. The van der Waals surface area contributed by atoms with Crippen molar-refractivity contribution in [2.24, 2.45) is 0 Å². The second-order valence-electron chi connectivity index (χ2n) is 4.84. The van der Waals surface area contributed by atoms with Crippen LogP contribution in [0.4, 0.5) is 11.5 Å². The van der Waals surface area contributed by atoms with Crippen LogP contribution in [-0.4, -0.2) is 9.97 Å². The lowest BCUT2D eigenvalue weighted by Gasteiger charge is -2.11. The minimum atomic E-state index is 0.242. The van der Waals surface area contributed by atoms with E-state index in [-0.39, 0.29) is 5.28 Å². The molecule has 2 aromatic heterocycles. The molecule has 108 valence electrons. The Morgan fingerprint density at radius 2 is 1.81 bits per heavy atom. The molecule has 0 spiro atoms. The molecule has 0 atom stereocenters. The average Bonchev–Trinajstić information content (AvgIpc) is 2.70. The van der Waals surface area contributed by atoms with Crippen LogP contribution in [0, 0.1) is 20.8 Å². The van der Waals surface area contributed by atoms with Gasteiger partial charge in [-0.2, -0.15) is 4.98 Å². The van der Waals surface area contributed by atoms with E-state index in [1.54, 1.807) is 11.3 Å². The zero-order chi connectivity index (χ0) is 15.1. The van der Waals surface area contributed by atoms with Crippen molar-refractivity contribution < 1.29 is 0 Å². The molecule has 3 nitrogen and oxygen atoms in total. The molecule has 0 saturated heterocycles. The van der Waals surface area contributed by atoms with Crippen molar-refractivity contribution in [2.75, 3.05) is 5.32 Å². The van der Waals surface area contributed by atoms with E-state index < -0.39 is 0 Å². The monoisotopic (exact) mass is 337 g/mol. The van der Waals surface area contributed by atoms with Gasteiger partial charge in [0.1, 0.15) is 10.6 Å². The number of benzene rings is 1. The summed E-state index contributed by atoms with van der Waals surface area (Å²) in [6.45, 7) is 6.11. The van der Waals surface area contributed by atoms with E-state index in [9.17, 15) is 0 Å². The van der Waals surface area contributed by atoms with Crippen molar-refractivity contribution in [3.05, 3.63) is 44.5 Å². The summed E-state index contributed by atoms with van der Waals surface area (Å²) in [5.74, 6) is 0.720. The van der Waals surface area contributed by atoms with Gasteiger partial charge in [0.05, 0.1) is 5.39 Å². The van der Waals surface area contributed by atoms with Crippen LogP contribution in [-0.2, 0) is 0 Å². The van der Waals surface area contributed by atoms with Crippen molar-refractivity contribution in [3.63, 3.8) is 0 Å². The lowest BCUT2D eigenvalue weighted by Crippen LogP contribution is -1.98. The number of fused-ring (bicyclic) bond motifs is 1. The van der Waals surface area contributed by atoms with Crippen molar-refractivity contribution >= 4 is 56.3 Å². The molecule has 1 N–H and O–H groups in total. The molecule has 0 fully saturated rings. The van der Waals surface area contributed by atoms with Crippen LogP contribution in [0.3, 0.4) is 0 Å². The number of hydrogen-bond acceptors (Lipinski definition) is 4. The Morgan fingerprint density at radius 3 is 2.57 bits per heavy atom. The van der Waals surface area contributed by atoms with Gasteiger partial charge >= 0.3 is 0 Å². The highest BCUT2D eigenvalue weighted by atomic mass is 35.5. The van der Waals surface area contributed by atoms with E-state index in [1.807, 2.05) is 25.1 Å². The third kappa shape index (κ3) is 2.59. The van der Waals surface area contributed by atoms with Gasteiger partial charge in [0.15, 0.2) is 0 Å².